The van der Waals surface area contributed by atoms with Crippen molar-refractivity contribution in [3.8, 4) is 0 Å². The minimum absolute atomic E-state index is 0.238. The van der Waals surface area contributed by atoms with Gasteiger partial charge in [-0.25, -0.2) is 4.79 Å². The van der Waals surface area contributed by atoms with E-state index in [0.717, 1.165) is 27.3 Å². The standard InChI is InChI=1S/C17H13N3O3/c1-22-14(21)10-23-19-16-13-6-3-9-20(13)12-5-2-4-11-7-8-18-17(16)15(11)12/h2-9H,10H2,1H3. The van der Waals surface area contributed by atoms with Crippen LogP contribution in [0.2, 0.25) is 0 Å². The lowest BCUT2D eigenvalue weighted by Crippen LogP contribution is -2.14. The molecule has 6 heteroatoms. The first kappa shape index (κ1) is 13.5. The predicted octanol–water partition coefficient (Wildman–Crippen LogP) is 2.08. The third-order valence-corrected chi connectivity index (χ3v) is 3.81. The third kappa shape index (κ3) is 2.07. The number of benzene rings is 1. The van der Waals surface area contributed by atoms with Gasteiger partial charge >= 0.3 is 5.97 Å². The van der Waals surface area contributed by atoms with Crippen LogP contribution in [0.15, 0.2) is 53.9 Å². The molecule has 0 aliphatic heterocycles. The van der Waals surface area contributed by atoms with Gasteiger partial charge in [-0.15, -0.1) is 0 Å². The zero-order valence-corrected chi connectivity index (χ0v) is 12.4. The average Bonchev–Trinajstić information content (AvgIpc) is 3.07. The molecule has 0 saturated carbocycles. The van der Waals surface area contributed by atoms with Gasteiger partial charge in [0.25, 0.3) is 0 Å². The second-order valence-corrected chi connectivity index (χ2v) is 5.09. The van der Waals surface area contributed by atoms with Crippen molar-refractivity contribution in [2.45, 2.75) is 0 Å². The van der Waals surface area contributed by atoms with Crippen LogP contribution in [0.1, 0.15) is 0 Å². The van der Waals surface area contributed by atoms with Crippen molar-refractivity contribution >= 4 is 33.3 Å². The molecule has 4 rings (SSSR count). The van der Waals surface area contributed by atoms with Gasteiger partial charge < -0.3 is 14.0 Å². The highest BCUT2D eigenvalue weighted by atomic mass is 16.6. The van der Waals surface area contributed by atoms with Crippen molar-refractivity contribution in [1.82, 2.24) is 9.38 Å². The van der Waals surface area contributed by atoms with Crippen LogP contribution < -0.4 is 5.36 Å². The molecular weight excluding hydrogens is 294 g/mol. The highest BCUT2D eigenvalue weighted by molar-refractivity contribution is 6.08. The molecule has 114 valence electrons. The van der Waals surface area contributed by atoms with Gasteiger partial charge in [-0.1, -0.05) is 17.3 Å². The smallest absolute Gasteiger partial charge is 0.346 e. The number of esters is 1. The Balaban J connectivity index is 2.05. The number of nitrogens with zero attached hydrogens (tertiary/aromatic N) is 3. The van der Waals surface area contributed by atoms with Gasteiger partial charge in [0.15, 0.2) is 5.36 Å². The van der Waals surface area contributed by atoms with Crippen molar-refractivity contribution in [3.63, 3.8) is 0 Å². The van der Waals surface area contributed by atoms with E-state index in [1.54, 1.807) is 6.20 Å². The average molecular weight is 307 g/mol. The Morgan fingerprint density at radius 1 is 1.22 bits per heavy atom. The highest BCUT2D eigenvalue weighted by Gasteiger charge is 2.11. The van der Waals surface area contributed by atoms with E-state index in [1.165, 1.54) is 7.11 Å². The second kappa shape index (κ2) is 5.24. The molecule has 0 aliphatic carbocycles. The summed E-state index contributed by atoms with van der Waals surface area (Å²) in [6.07, 6.45) is 3.71. The minimum atomic E-state index is -0.480. The summed E-state index contributed by atoms with van der Waals surface area (Å²) in [5, 5.41) is 6.83. The topological polar surface area (TPSA) is 65.2 Å². The van der Waals surface area contributed by atoms with Gasteiger partial charge in [-0.2, -0.15) is 0 Å². The van der Waals surface area contributed by atoms with Crippen molar-refractivity contribution in [3.05, 3.63) is 54.1 Å². The Morgan fingerprint density at radius 3 is 2.96 bits per heavy atom. The normalized spacial score (nSPS) is 12.3. The molecule has 1 aromatic carbocycles. The summed E-state index contributed by atoms with van der Waals surface area (Å²) in [4.78, 5) is 20.8. The summed E-state index contributed by atoms with van der Waals surface area (Å²) in [7, 11) is 1.31. The predicted molar refractivity (Wildman–Crippen MR) is 84.9 cm³/mol. The fraction of sp³-hybridized carbons (Fsp3) is 0.118. The Labute approximate surface area is 130 Å². The lowest BCUT2D eigenvalue weighted by atomic mass is 10.1. The summed E-state index contributed by atoms with van der Waals surface area (Å²) in [6, 6.07) is 11.9. The van der Waals surface area contributed by atoms with Crippen LogP contribution in [0, 0.1) is 0 Å². The van der Waals surface area contributed by atoms with E-state index >= 15 is 0 Å². The van der Waals surface area contributed by atoms with Crippen LogP contribution in [0.4, 0.5) is 0 Å². The lowest BCUT2D eigenvalue weighted by Gasteiger charge is -2.08. The van der Waals surface area contributed by atoms with Crippen molar-refractivity contribution in [1.29, 1.82) is 0 Å². The number of carbonyl (C=O) groups is 1. The molecule has 0 radical (unpaired) electrons. The number of ether oxygens (including phenoxy) is 1. The number of hydrogen-bond acceptors (Lipinski definition) is 5. The maximum absolute atomic E-state index is 11.2. The molecule has 3 heterocycles. The Morgan fingerprint density at radius 2 is 2.09 bits per heavy atom. The first-order chi connectivity index (χ1) is 11.3. The quantitative estimate of drug-likeness (QED) is 0.429. The Bertz CT molecular complexity index is 1080. The van der Waals surface area contributed by atoms with E-state index in [9.17, 15) is 4.79 Å². The van der Waals surface area contributed by atoms with Crippen molar-refractivity contribution in [2.75, 3.05) is 13.7 Å². The summed E-state index contributed by atoms with van der Waals surface area (Å²) < 4.78 is 6.59. The number of methoxy groups -OCH3 is 1. The zero-order valence-electron chi connectivity index (χ0n) is 12.4. The molecule has 0 bridgehead atoms. The fourth-order valence-electron chi connectivity index (χ4n) is 2.80. The maximum atomic E-state index is 11.2. The van der Waals surface area contributed by atoms with Crippen molar-refractivity contribution in [2.24, 2.45) is 5.16 Å². The van der Waals surface area contributed by atoms with Crippen LogP contribution in [0.3, 0.4) is 0 Å². The summed E-state index contributed by atoms with van der Waals surface area (Å²) >= 11 is 0. The third-order valence-electron chi connectivity index (χ3n) is 3.81. The number of pyridine rings is 2. The molecule has 6 nitrogen and oxygen atoms in total. The van der Waals surface area contributed by atoms with Crippen LogP contribution in [0.25, 0.3) is 27.3 Å². The summed E-state index contributed by atoms with van der Waals surface area (Å²) in [5.41, 5.74) is 2.67. The van der Waals surface area contributed by atoms with E-state index in [-0.39, 0.29) is 6.61 Å². The Hall–Kier alpha value is -3.15. The summed E-state index contributed by atoms with van der Waals surface area (Å²) in [6.45, 7) is -0.238. The molecule has 0 spiro atoms. The SMILES string of the molecule is COC(=O)CON=c1c2nccc3cccc(c32)n2cccc12. The molecule has 23 heavy (non-hydrogen) atoms. The zero-order chi connectivity index (χ0) is 15.8. The molecule has 0 aliphatic rings. The Kier molecular flexibility index (Phi) is 3.08. The van der Waals surface area contributed by atoms with Crippen molar-refractivity contribution < 1.29 is 14.4 Å². The van der Waals surface area contributed by atoms with Crippen LogP contribution >= 0.6 is 0 Å². The minimum Gasteiger partial charge on any atom is -0.466 e. The first-order valence-corrected chi connectivity index (χ1v) is 7.12. The van der Waals surface area contributed by atoms with E-state index in [0.29, 0.717) is 5.36 Å². The number of carbonyl (C=O) groups excluding carboxylic acids is 1. The van der Waals surface area contributed by atoms with E-state index in [2.05, 4.69) is 14.9 Å². The van der Waals surface area contributed by atoms with Gasteiger partial charge in [0.1, 0.15) is 5.52 Å². The number of aromatic nitrogens is 2. The highest BCUT2D eigenvalue weighted by Crippen LogP contribution is 2.24. The molecule has 0 saturated heterocycles. The van der Waals surface area contributed by atoms with E-state index in [1.807, 2.05) is 47.0 Å². The maximum Gasteiger partial charge on any atom is 0.346 e. The van der Waals surface area contributed by atoms with Gasteiger partial charge in [-0.3, -0.25) is 4.98 Å². The van der Waals surface area contributed by atoms with E-state index < -0.39 is 5.97 Å². The number of fused-ring (bicyclic) bond motifs is 2. The molecule has 4 aromatic rings. The second-order valence-electron chi connectivity index (χ2n) is 5.09. The van der Waals surface area contributed by atoms with Gasteiger partial charge in [0.2, 0.25) is 6.61 Å². The summed E-state index contributed by atoms with van der Waals surface area (Å²) in [5.74, 6) is -0.480. The molecule has 3 aromatic heterocycles. The lowest BCUT2D eigenvalue weighted by molar-refractivity contribution is -0.146. The van der Waals surface area contributed by atoms with E-state index in [4.69, 9.17) is 4.84 Å². The largest absolute Gasteiger partial charge is 0.466 e. The van der Waals surface area contributed by atoms with Crippen LogP contribution in [-0.4, -0.2) is 29.1 Å². The molecule has 0 N–H and O–H groups in total. The monoisotopic (exact) mass is 307 g/mol. The molecule has 0 amide bonds. The fourth-order valence-corrected chi connectivity index (χ4v) is 2.80. The molecular formula is C17H13N3O3. The van der Waals surface area contributed by atoms with Gasteiger partial charge in [0, 0.05) is 17.8 Å². The molecule has 0 fully saturated rings. The van der Waals surface area contributed by atoms with Gasteiger partial charge in [0.05, 0.1) is 18.1 Å². The molecule has 0 atom stereocenters. The van der Waals surface area contributed by atoms with Gasteiger partial charge in [-0.05, 0) is 29.7 Å². The first-order valence-electron chi connectivity index (χ1n) is 7.12. The number of rotatable bonds is 3. The van der Waals surface area contributed by atoms with Crippen LogP contribution in [-0.2, 0) is 14.4 Å². The van der Waals surface area contributed by atoms with Crippen LogP contribution in [0.5, 0.6) is 0 Å². The molecule has 0 unspecified atom stereocenters. The number of hydrogen-bond donors (Lipinski definition) is 0.